The monoisotopic (exact) mass is 409 g/mol. The van der Waals surface area contributed by atoms with E-state index in [0.717, 1.165) is 32.3 Å². The summed E-state index contributed by atoms with van der Waals surface area (Å²) in [6.07, 6.45) is 3.68. The second kappa shape index (κ2) is 6.94. The van der Waals surface area contributed by atoms with Crippen molar-refractivity contribution in [1.82, 2.24) is 9.96 Å². The van der Waals surface area contributed by atoms with Gasteiger partial charge in [-0.1, -0.05) is 24.3 Å². The van der Waals surface area contributed by atoms with Crippen LogP contribution >= 0.6 is 0 Å². The second-order valence-corrected chi connectivity index (χ2v) is 8.40. The van der Waals surface area contributed by atoms with E-state index in [9.17, 15) is 24.4 Å². The molecule has 0 saturated carbocycles. The molecular formula is C22H21N2O6-. The molecule has 4 aliphatic rings. The molecule has 1 aliphatic carbocycles. The molecule has 1 amide bonds. The van der Waals surface area contributed by atoms with Gasteiger partial charge < -0.3 is 15.0 Å². The standard InChI is InChI=1S/C22H21N2O6/c25-15(12-23-9-7-22(8-10-23)6-3-11-30-22)18-16-17(21(28)24(18)29)20(27)14-5-2-1-4-13(14)19(16)26/h1-2,4-5,18H,3,6-12H2/q-1. The molecular weight excluding hydrogens is 388 g/mol. The highest BCUT2D eigenvalue weighted by Gasteiger charge is 2.48. The number of Topliss-reactive ketones (excluding diaryl/α,β-unsaturated/α-hetero) is 3. The minimum absolute atomic E-state index is 0.000198. The Kier molecular flexibility index (Phi) is 4.46. The number of amides is 1. The van der Waals surface area contributed by atoms with Gasteiger partial charge in [0.15, 0.2) is 17.3 Å². The average molecular weight is 409 g/mol. The molecule has 1 atom stereocenters. The molecule has 0 N–H and O–H groups in total. The predicted octanol–water partition coefficient (Wildman–Crippen LogP) is 1.28. The quantitative estimate of drug-likeness (QED) is 0.692. The first kappa shape index (κ1) is 19.3. The summed E-state index contributed by atoms with van der Waals surface area (Å²) in [5, 5.41) is 12.6. The fourth-order valence-corrected chi connectivity index (χ4v) is 5.08. The Morgan fingerprint density at radius 2 is 1.73 bits per heavy atom. The summed E-state index contributed by atoms with van der Waals surface area (Å²) in [6, 6.07) is 4.56. The van der Waals surface area contributed by atoms with Gasteiger partial charge in [-0.3, -0.25) is 24.1 Å². The third kappa shape index (κ3) is 2.79. The third-order valence-electron chi connectivity index (χ3n) is 6.72. The van der Waals surface area contributed by atoms with Crippen molar-refractivity contribution in [3.05, 3.63) is 51.7 Å². The minimum atomic E-state index is -1.56. The summed E-state index contributed by atoms with van der Waals surface area (Å²) >= 11 is 0. The SMILES string of the molecule is O=C1C2=C(C(=O)c3ccccc31)C(C(=O)CN1CCC3(CCCO3)CC1)N([O-])C2=O. The molecule has 0 bridgehead atoms. The number of piperidine rings is 1. The molecule has 5 rings (SSSR count). The van der Waals surface area contributed by atoms with Crippen LogP contribution in [0, 0.1) is 5.21 Å². The molecule has 0 radical (unpaired) electrons. The Hall–Kier alpha value is -2.68. The van der Waals surface area contributed by atoms with E-state index in [1.54, 1.807) is 12.1 Å². The van der Waals surface area contributed by atoms with E-state index in [1.807, 2.05) is 4.90 Å². The van der Waals surface area contributed by atoms with Crippen LogP contribution in [0.15, 0.2) is 35.4 Å². The van der Waals surface area contributed by atoms with Crippen LogP contribution in [0.4, 0.5) is 0 Å². The zero-order valence-electron chi connectivity index (χ0n) is 16.4. The Morgan fingerprint density at radius 1 is 1.07 bits per heavy atom. The van der Waals surface area contributed by atoms with Gasteiger partial charge in [0.2, 0.25) is 5.91 Å². The number of hydrogen-bond acceptors (Lipinski definition) is 7. The Morgan fingerprint density at radius 3 is 2.37 bits per heavy atom. The Balaban J connectivity index is 1.38. The van der Waals surface area contributed by atoms with Crippen molar-refractivity contribution in [2.75, 3.05) is 26.2 Å². The van der Waals surface area contributed by atoms with Crippen LogP contribution in [-0.4, -0.2) is 71.1 Å². The number of nitrogens with zero attached hydrogens (tertiary/aromatic N) is 2. The van der Waals surface area contributed by atoms with Crippen molar-refractivity contribution in [1.29, 1.82) is 0 Å². The first-order chi connectivity index (χ1) is 14.4. The lowest BCUT2D eigenvalue weighted by Gasteiger charge is -2.39. The molecule has 1 unspecified atom stereocenters. The van der Waals surface area contributed by atoms with E-state index < -0.39 is 34.9 Å². The zero-order chi connectivity index (χ0) is 21.0. The van der Waals surface area contributed by atoms with Crippen LogP contribution in [0.1, 0.15) is 46.4 Å². The van der Waals surface area contributed by atoms with Gasteiger partial charge in [-0.25, -0.2) is 0 Å². The van der Waals surface area contributed by atoms with Gasteiger partial charge in [0, 0.05) is 36.4 Å². The molecule has 1 aromatic rings. The highest BCUT2D eigenvalue weighted by atomic mass is 16.5. The molecule has 156 valence electrons. The van der Waals surface area contributed by atoms with E-state index in [1.165, 1.54) is 12.1 Å². The number of benzene rings is 1. The average Bonchev–Trinajstić information content (AvgIpc) is 3.31. The summed E-state index contributed by atoms with van der Waals surface area (Å²) in [7, 11) is 0. The van der Waals surface area contributed by atoms with Crippen LogP contribution < -0.4 is 0 Å². The predicted molar refractivity (Wildman–Crippen MR) is 105 cm³/mol. The van der Waals surface area contributed by atoms with Crippen molar-refractivity contribution < 1.29 is 23.9 Å². The largest absolute Gasteiger partial charge is 0.755 e. The molecule has 3 aliphatic heterocycles. The van der Waals surface area contributed by atoms with Crippen molar-refractivity contribution in [3.63, 3.8) is 0 Å². The maximum Gasteiger partial charge on any atom is 0.248 e. The molecule has 8 heteroatoms. The molecule has 8 nitrogen and oxygen atoms in total. The first-order valence-electron chi connectivity index (χ1n) is 10.2. The summed E-state index contributed by atoms with van der Waals surface area (Å²) in [6.45, 7) is 2.01. The van der Waals surface area contributed by atoms with Crippen molar-refractivity contribution in [2.45, 2.75) is 37.3 Å². The van der Waals surface area contributed by atoms with Gasteiger partial charge in [0.1, 0.15) is 6.04 Å². The van der Waals surface area contributed by atoms with E-state index in [4.69, 9.17) is 4.74 Å². The van der Waals surface area contributed by atoms with Crippen molar-refractivity contribution in [2.24, 2.45) is 0 Å². The van der Waals surface area contributed by atoms with E-state index in [-0.39, 0.29) is 33.9 Å². The first-order valence-corrected chi connectivity index (χ1v) is 10.2. The van der Waals surface area contributed by atoms with Gasteiger partial charge in [-0.15, -0.1) is 0 Å². The number of fused-ring (bicyclic) bond motifs is 1. The number of likely N-dealkylation sites (tertiary alicyclic amines) is 1. The van der Waals surface area contributed by atoms with Crippen molar-refractivity contribution in [3.8, 4) is 0 Å². The fourth-order valence-electron chi connectivity index (χ4n) is 5.08. The highest BCUT2D eigenvalue weighted by molar-refractivity contribution is 6.39. The van der Waals surface area contributed by atoms with E-state index >= 15 is 0 Å². The molecule has 30 heavy (non-hydrogen) atoms. The minimum Gasteiger partial charge on any atom is -0.755 e. The smallest absolute Gasteiger partial charge is 0.248 e. The number of carbonyl (C=O) groups excluding carboxylic acids is 4. The van der Waals surface area contributed by atoms with Crippen LogP contribution in [-0.2, 0) is 14.3 Å². The normalized spacial score (nSPS) is 25.8. The van der Waals surface area contributed by atoms with Gasteiger partial charge in [-0.2, -0.15) is 0 Å². The Bertz CT molecular complexity index is 997. The Labute approximate surface area is 173 Å². The number of hydrogen-bond donors (Lipinski definition) is 0. The maximum atomic E-state index is 13.0. The maximum absolute atomic E-state index is 13.0. The number of rotatable bonds is 3. The number of carbonyl (C=O) groups is 4. The fraction of sp³-hybridized carbons (Fsp3) is 0.455. The van der Waals surface area contributed by atoms with Gasteiger partial charge in [0.05, 0.1) is 17.7 Å². The van der Waals surface area contributed by atoms with Crippen LogP contribution in [0.3, 0.4) is 0 Å². The summed E-state index contributed by atoms with van der Waals surface area (Å²) in [4.78, 5) is 53.2. The lowest BCUT2D eigenvalue weighted by Crippen LogP contribution is -2.49. The van der Waals surface area contributed by atoms with E-state index in [2.05, 4.69) is 0 Å². The third-order valence-corrected chi connectivity index (χ3v) is 6.72. The number of ketones is 3. The second-order valence-electron chi connectivity index (χ2n) is 8.40. The molecule has 1 aromatic carbocycles. The number of hydroxylamine groups is 2. The zero-order valence-corrected chi connectivity index (χ0v) is 16.4. The molecule has 3 heterocycles. The van der Waals surface area contributed by atoms with Crippen molar-refractivity contribution >= 4 is 23.3 Å². The number of ether oxygens (including phenoxy) is 1. The van der Waals surface area contributed by atoms with Crippen LogP contribution in [0.25, 0.3) is 0 Å². The molecule has 0 aromatic heterocycles. The summed E-state index contributed by atoms with van der Waals surface area (Å²) in [5.74, 6) is -2.90. The van der Waals surface area contributed by atoms with Gasteiger partial charge in [0.25, 0.3) is 0 Å². The summed E-state index contributed by atoms with van der Waals surface area (Å²) in [5.41, 5.74) is -0.603. The summed E-state index contributed by atoms with van der Waals surface area (Å²) < 4.78 is 5.89. The molecule has 1 spiro atoms. The van der Waals surface area contributed by atoms with E-state index in [0.29, 0.717) is 13.1 Å². The topological polar surface area (TPSA) is 107 Å². The lowest BCUT2D eigenvalue weighted by atomic mass is 9.82. The van der Waals surface area contributed by atoms with Crippen LogP contribution in [0.2, 0.25) is 0 Å². The molecule has 2 fully saturated rings. The lowest BCUT2D eigenvalue weighted by molar-refractivity contribution is -0.131. The highest BCUT2D eigenvalue weighted by Crippen LogP contribution is 2.38. The van der Waals surface area contributed by atoms with Gasteiger partial charge in [-0.05, 0) is 25.7 Å². The van der Waals surface area contributed by atoms with Crippen LogP contribution in [0.5, 0.6) is 0 Å². The molecule has 2 saturated heterocycles. The van der Waals surface area contributed by atoms with Gasteiger partial charge >= 0.3 is 0 Å².